The zero-order chi connectivity index (χ0) is 25.1. The van der Waals surface area contributed by atoms with Gasteiger partial charge in [-0.05, 0) is 31.0 Å². The molecule has 0 aromatic carbocycles. The summed E-state index contributed by atoms with van der Waals surface area (Å²) in [6.45, 7) is 1.55. The number of carbonyl (C=O) groups is 1. The second-order valence-electron chi connectivity index (χ2n) is 8.71. The summed E-state index contributed by atoms with van der Waals surface area (Å²) in [5, 5.41) is 24.5. The molecule has 180 valence electrons. The summed E-state index contributed by atoms with van der Waals surface area (Å²) in [7, 11) is 1.87. The van der Waals surface area contributed by atoms with Crippen LogP contribution in [0.2, 0.25) is 0 Å². The van der Waals surface area contributed by atoms with Crippen molar-refractivity contribution >= 4 is 17.4 Å². The van der Waals surface area contributed by atoms with E-state index in [-0.39, 0.29) is 18.6 Å². The van der Waals surface area contributed by atoms with Crippen molar-refractivity contribution < 1.29 is 4.79 Å². The molecule has 2 amide bonds. The summed E-state index contributed by atoms with van der Waals surface area (Å²) in [6.07, 6.45) is 15.9. The zero-order valence-electron chi connectivity index (χ0n) is 19.8. The van der Waals surface area contributed by atoms with Crippen molar-refractivity contribution in [3.8, 4) is 40.7 Å². The summed E-state index contributed by atoms with van der Waals surface area (Å²) in [5.41, 5.74) is 4.90. The average molecular weight is 480 g/mol. The van der Waals surface area contributed by atoms with Crippen LogP contribution in [0.3, 0.4) is 0 Å². The molecule has 5 heterocycles. The van der Waals surface area contributed by atoms with E-state index in [9.17, 15) is 10.1 Å². The first kappa shape index (κ1) is 22.9. The maximum Gasteiger partial charge on any atom is 0.318 e. The quantitative estimate of drug-likeness (QED) is 0.425. The van der Waals surface area contributed by atoms with Crippen LogP contribution < -0.4 is 10.6 Å². The van der Waals surface area contributed by atoms with E-state index in [4.69, 9.17) is 6.42 Å². The highest BCUT2D eigenvalue weighted by Crippen LogP contribution is 2.32. The number of pyridine rings is 2. The first-order valence-corrected chi connectivity index (χ1v) is 11.7. The second-order valence-corrected chi connectivity index (χ2v) is 8.71. The van der Waals surface area contributed by atoms with Gasteiger partial charge in [-0.1, -0.05) is 5.92 Å². The van der Waals surface area contributed by atoms with Crippen molar-refractivity contribution in [2.24, 2.45) is 7.05 Å². The number of nitrogens with zero attached hydrogens (tertiary/aromatic N) is 7. The monoisotopic (exact) mass is 479 g/mol. The van der Waals surface area contributed by atoms with E-state index in [1.165, 1.54) is 0 Å². The molecule has 1 fully saturated rings. The van der Waals surface area contributed by atoms with Crippen LogP contribution >= 0.6 is 0 Å². The van der Waals surface area contributed by atoms with Gasteiger partial charge >= 0.3 is 6.03 Å². The Morgan fingerprint density at radius 3 is 2.64 bits per heavy atom. The molecule has 0 saturated carbocycles. The highest BCUT2D eigenvalue weighted by Gasteiger charge is 2.23. The molecule has 10 heteroatoms. The minimum atomic E-state index is -0.120. The molecular formula is C26H25N9O. The lowest BCUT2D eigenvalue weighted by Gasteiger charge is -2.32. The number of rotatable bonds is 5. The number of urea groups is 1. The first-order chi connectivity index (χ1) is 17.6. The molecule has 4 aromatic rings. The van der Waals surface area contributed by atoms with Crippen molar-refractivity contribution in [2.45, 2.75) is 18.9 Å². The Morgan fingerprint density at radius 1 is 1.14 bits per heavy atom. The fourth-order valence-corrected chi connectivity index (χ4v) is 4.46. The number of nitrogens with one attached hydrogen (secondary N) is 2. The van der Waals surface area contributed by atoms with Crippen molar-refractivity contribution in [1.82, 2.24) is 34.6 Å². The molecule has 1 saturated heterocycles. The Balaban J connectivity index is 1.35. The van der Waals surface area contributed by atoms with Crippen LogP contribution in [0.1, 0.15) is 18.4 Å². The molecule has 0 aliphatic carbocycles. The summed E-state index contributed by atoms with van der Waals surface area (Å²) in [4.78, 5) is 18.5. The minimum Gasteiger partial charge on any atom is -0.367 e. The molecule has 0 bridgehead atoms. The molecule has 0 atom stereocenters. The lowest BCUT2D eigenvalue weighted by Crippen LogP contribution is -2.47. The van der Waals surface area contributed by atoms with E-state index in [1.54, 1.807) is 32.7 Å². The fourth-order valence-electron chi connectivity index (χ4n) is 4.46. The van der Waals surface area contributed by atoms with Crippen molar-refractivity contribution in [2.75, 3.05) is 25.0 Å². The number of likely N-dealkylation sites (tertiary alicyclic amines) is 1. The number of piperidine rings is 1. The smallest absolute Gasteiger partial charge is 0.318 e. The topological polar surface area (TPSA) is 116 Å². The van der Waals surface area contributed by atoms with E-state index in [2.05, 4.69) is 37.8 Å². The number of fused-ring (bicyclic) bond motifs is 1. The maximum absolute atomic E-state index is 12.1. The molecule has 10 nitrogen and oxygen atoms in total. The fraction of sp³-hybridized carbons (Fsp3) is 0.269. The van der Waals surface area contributed by atoms with Gasteiger partial charge in [0, 0.05) is 67.0 Å². The molecule has 1 aliphatic heterocycles. The number of anilines is 1. The Kier molecular flexibility index (Phi) is 6.25. The number of nitriles is 1. The van der Waals surface area contributed by atoms with Crippen LogP contribution in [-0.4, -0.2) is 61.0 Å². The maximum atomic E-state index is 12.1. The highest BCUT2D eigenvalue weighted by molar-refractivity contribution is 5.87. The van der Waals surface area contributed by atoms with Crippen molar-refractivity contribution in [3.05, 3.63) is 54.7 Å². The Bertz CT molecular complexity index is 1480. The van der Waals surface area contributed by atoms with Gasteiger partial charge in [0.1, 0.15) is 11.9 Å². The Labute approximate surface area is 208 Å². The molecule has 36 heavy (non-hydrogen) atoms. The van der Waals surface area contributed by atoms with Gasteiger partial charge < -0.3 is 15.5 Å². The lowest BCUT2D eigenvalue weighted by molar-refractivity contribution is 0.185. The number of carbonyl (C=O) groups excluding carboxylic acids is 1. The lowest BCUT2D eigenvalue weighted by atomic mass is 10.0. The van der Waals surface area contributed by atoms with Gasteiger partial charge in [-0.25, -0.2) is 14.3 Å². The molecule has 5 rings (SSSR count). The van der Waals surface area contributed by atoms with E-state index in [0.29, 0.717) is 18.7 Å². The van der Waals surface area contributed by atoms with E-state index >= 15 is 0 Å². The summed E-state index contributed by atoms with van der Waals surface area (Å²) >= 11 is 0. The number of terminal acetylenes is 1. The third kappa shape index (κ3) is 4.57. The molecule has 2 N–H and O–H groups in total. The van der Waals surface area contributed by atoms with E-state index in [0.717, 1.165) is 46.4 Å². The van der Waals surface area contributed by atoms with Crippen LogP contribution in [0.25, 0.3) is 27.8 Å². The minimum absolute atomic E-state index is 0.120. The normalized spacial score (nSPS) is 13.8. The number of hydrogen-bond donors (Lipinski definition) is 2. The van der Waals surface area contributed by atoms with Crippen LogP contribution in [0.4, 0.5) is 10.6 Å². The number of hydrogen-bond acceptors (Lipinski definition) is 6. The van der Waals surface area contributed by atoms with Gasteiger partial charge in [0.05, 0.1) is 30.0 Å². The van der Waals surface area contributed by atoms with E-state index in [1.807, 2.05) is 37.6 Å². The Hall–Kier alpha value is -4.83. The predicted molar refractivity (Wildman–Crippen MR) is 136 cm³/mol. The van der Waals surface area contributed by atoms with Crippen LogP contribution in [-0.2, 0) is 7.05 Å². The standard InChI is InChI=1S/C26H25N9O/c1-3-8-28-26(36)34-9-6-22(7-10-34)32-24-5-4-18(13-29-24)23-11-19(21-15-30-33(2)16-21)17-35-25(23)20(12-27)14-31-35/h1,4-5,11,13-17,22H,6-10H2,2H3,(H,28,36)(H,29,32). The molecule has 1 aliphatic rings. The van der Waals surface area contributed by atoms with Gasteiger partial charge in [0.2, 0.25) is 0 Å². The Morgan fingerprint density at radius 2 is 1.97 bits per heavy atom. The molecule has 4 aromatic heterocycles. The zero-order valence-corrected chi connectivity index (χ0v) is 19.8. The predicted octanol–water partition coefficient (Wildman–Crippen LogP) is 2.89. The average Bonchev–Trinajstić information content (AvgIpc) is 3.53. The molecule has 0 radical (unpaired) electrons. The number of aromatic nitrogens is 5. The molecule has 0 unspecified atom stereocenters. The van der Waals surface area contributed by atoms with E-state index < -0.39 is 0 Å². The summed E-state index contributed by atoms with van der Waals surface area (Å²) < 4.78 is 3.48. The number of amides is 2. The number of aryl methyl sites for hydroxylation is 1. The summed E-state index contributed by atoms with van der Waals surface area (Å²) in [6, 6.07) is 8.32. The third-order valence-electron chi connectivity index (χ3n) is 6.32. The third-order valence-corrected chi connectivity index (χ3v) is 6.32. The van der Waals surface area contributed by atoms with Gasteiger partial charge in [0.15, 0.2) is 0 Å². The van der Waals surface area contributed by atoms with Crippen molar-refractivity contribution in [1.29, 1.82) is 5.26 Å². The highest BCUT2D eigenvalue weighted by atomic mass is 16.2. The molecular weight excluding hydrogens is 454 g/mol. The molecule has 0 spiro atoms. The largest absolute Gasteiger partial charge is 0.367 e. The first-order valence-electron chi connectivity index (χ1n) is 11.7. The van der Waals surface area contributed by atoms with Gasteiger partial charge in [-0.15, -0.1) is 6.42 Å². The van der Waals surface area contributed by atoms with Crippen LogP contribution in [0.15, 0.2) is 49.2 Å². The summed E-state index contributed by atoms with van der Waals surface area (Å²) in [5.74, 6) is 3.18. The second kappa shape index (κ2) is 9.80. The van der Waals surface area contributed by atoms with Gasteiger partial charge in [-0.2, -0.15) is 15.5 Å². The SMILES string of the molecule is C#CCNC(=O)N1CCC(Nc2ccc(-c3cc(-c4cnn(C)c4)cn4ncc(C#N)c34)cn2)CC1. The van der Waals surface area contributed by atoms with Crippen LogP contribution in [0.5, 0.6) is 0 Å². The van der Waals surface area contributed by atoms with Gasteiger partial charge in [0.25, 0.3) is 0 Å². The van der Waals surface area contributed by atoms with Gasteiger partial charge in [-0.3, -0.25) is 4.68 Å². The van der Waals surface area contributed by atoms with Crippen LogP contribution in [0, 0.1) is 23.7 Å². The van der Waals surface area contributed by atoms with Crippen molar-refractivity contribution in [3.63, 3.8) is 0 Å².